The molecular weight excluding hydrogens is 334 g/mol. The smallest absolute Gasteiger partial charge is 0.288 e. The van der Waals surface area contributed by atoms with Gasteiger partial charge in [0.1, 0.15) is 0 Å². The predicted molar refractivity (Wildman–Crippen MR) is 97.2 cm³/mol. The molecule has 0 bridgehead atoms. The van der Waals surface area contributed by atoms with Crippen molar-refractivity contribution in [1.82, 2.24) is 4.90 Å². The van der Waals surface area contributed by atoms with Crippen LogP contribution in [0.1, 0.15) is 45.4 Å². The molecule has 0 aromatic heterocycles. The van der Waals surface area contributed by atoms with Crippen LogP contribution in [0.15, 0.2) is 11.8 Å². The molecule has 1 saturated carbocycles. The fourth-order valence-corrected chi connectivity index (χ4v) is 4.58. The van der Waals surface area contributed by atoms with Gasteiger partial charge in [-0.15, -0.1) is 0 Å². The van der Waals surface area contributed by atoms with E-state index < -0.39 is 6.29 Å². The molecule has 26 heavy (non-hydrogen) atoms. The summed E-state index contributed by atoms with van der Waals surface area (Å²) in [6.45, 7) is 5.07. The molecule has 2 heterocycles. The second kappa shape index (κ2) is 9.72. The monoisotopic (exact) mass is 367 g/mol. The van der Waals surface area contributed by atoms with Gasteiger partial charge in [0.25, 0.3) is 5.91 Å². The number of carbonyl (C=O) groups excluding carboxylic acids is 1. The van der Waals surface area contributed by atoms with Crippen LogP contribution in [0.2, 0.25) is 0 Å². The van der Waals surface area contributed by atoms with Crippen molar-refractivity contribution in [2.24, 2.45) is 17.8 Å². The summed E-state index contributed by atoms with van der Waals surface area (Å²) in [5.41, 5.74) is 0. The Morgan fingerprint density at radius 1 is 1.31 bits per heavy atom. The maximum atomic E-state index is 13.0. The van der Waals surface area contributed by atoms with E-state index in [0.717, 1.165) is 12.8 Å². The van der Waals surface area contributed by atoms with E-state index in [4.69, 9.17) is 14.2 Å². The number of allylic oxidation sites excluding steroid dienone is 1. The molecular formula is C20H33NO5. The zero-order valence-electron chi connectivity index (χ0n) is 15.9. The van der Waals surface area contributed by atoms with Crippen molar-refractivity contribution < 1.29 is 24.1 Å². The van der Waals surface area contributed by atoms with Crippen molar-refractivity contribution in [2.45, 2.75) is 51.7 Å². The first kappa shape index (κ1) is 19.6. The van der Waals surface area contributed by atoms with Crippen LogP contribution in [-0.4, -0.2) is 61.7 Å². The number of aliphatic hydroxyl groups is 1. The first-order valence-corrected chi connectivity index (χ1v) is 10.2. The van der Waals surface area contributed by atoms with Gasteiger partial charge in [0, 0.05) is 32.2 Å². The number of rotatable bonds is 7. The van der Waals surface area contributed by atoms with Gasteiger partial charge in [0.15, 0.2) is 5.76 Å². The van der Waals surface area contributed by atoms with E-state index in [-0.39, 0.29) is 24.3 Å². The number of nitrogens with zero attached hydrogens (tertiary/aromatic N) is 1. The average molecular weight is 367 g/mol. The molecule has 1 saturated heterocycles. The van der Waals surface area contributed by atoms with Gasteiger partial charge in [-0.25, -0.2) is 0 Å². The van der Waals surface area contributed by atoms with E-state index in [2.05, 4.69) is 6.08 Å². The van der Waals surface area contributed by atoms with Crippen molar-refractivity contribution in [1.29, 1.82) is 0 Å². The first-order valence-electron chi connectivity index (χ1n) is 10.2. The molecule has 0 radical (unpaired) electrons. The fourth-order valence-electron chi connectivity index (χ4n) is 4.58. The summed E-state index contributed by atoms with van der Waals surface area (Å²) < 4.78 is 17.3. The first-order chi connectivity index (χ1) is 12.7. The van der Waals surface area contributed by atoms with Gasteiger partial charge >= 0.3 is 0 Å². The van der Waals surface area contributed by atoms with E-state index in [1.54, 1.807) is 0 Å². The molecule has 6 nitrogen and oxygen atoms in total. The zero-order valence-corrected chi connectivity index (χ0v) is 15.9. The summed E-state index contributed by atoms with van der Waals surface area (Å²) >= 11 is 0. The second-order valence-electron chi connectivity index (χ2n) is 7.53. The van der Waals surface area contributed by atoms with Gasteiger partial charge in [-0.1, -0.05) is 12.8 Å². The van der Waals surface area contributed by atoms with Crippen LogP contribution in [-0.2, 0) is 19.0 Å². The largest absolute Gasteiger partial charge is 0.459 e. The minimum Gasteiger partial charge on any atom is -0.459 e. The normalized spacial score (nSPS) is 30.2. The lowest BCUT2D eigenvalue weighted by Gasteiger charge is -2.40. The van der Waals surface area contributed by atoms with Crippen LogP contribution in [0.5, 0.6) is 0 Å². The Morgan fingerprint density at radius 2 is 2.04 bits per heavy atom. The molecule has 0 aromatic rings. The van der Waals surface area contributed by atoms with Crippen LogP contribution in [0.25, 0.3) is 0 Å². The van der Waals surface area contributed by atoms with Crippen molar-refractivity contribution in [2.75, 3.05) is 39.5 Å². The lowest BCUT2D eigenvalue weighted by molar-refractivity contribution is -0.180. The molecule has 1 aliphatic carbocycles. The third-order valence-corrected chi connectivity index (χ3v) is 5.91. The van der Waals surface area contributed by atoms with Gasteiger partial charge in [-0.2, -0.15) is 0 Å². The Bertz CT molecular complexity index is 483. The van der Waals surface area contributed by atoms with Gasteiger partial charge < -0.3 is 24.2 Å². The Labute approximate surface area is 156 Å². The number of hydrogen-bond donors (Lipinski definition) is 1. The summed E-state index contributed by atoms with van der Waals surface area (Å²) in [5, 5.41) is 9.31. The number of aliphatic hydroxyl groups excluding tert-OH is 1. The lowest BCUT2D eigenvalue weighted by atomic mass is 9.76. The molecule has 0 aromatic carbocycles. The van der Waals surface area contributed by atoms with E-state index in [1.807, 2.05) is 11.8 Å². The number of amides is 1. The van der Waals surface area contributed by atoms with Gasteiger partial charge in [-0.3, -0.25) is 4.79 Å². The highest BCUT2D eigenvalue weighted by Crippen LogP contribution is 2.43. The highest BCUT2D eigenvalue weighted by Gasteiger charge is 2.41. The van der Waals surface area contributed by atoms with Crippen LogP contribution >= 0.6 is 0 Å². The summed E-state index contributed by atoms with van der Waals surface area (Å²) in [6.07, 6.45) is 8.19. The van der Waals surface area contributed by atoms with Crippen molar-refractivity contribution >= 4 is 5.91 Å². The van der Waals surface area contributed by atoms with E-state index in [1.165, 1.54) is 25.7 Å². The van der Waals surface area contributed by atoms with Crippen LogP contribution in [0, 0.1) is 17.8 Å². The molecule has 3 aliphatic rings. The Kier molecular flexibility index (Phi) is 7.34. The molecule has 1 N–H and O–H groups in total. The number of ether oxygens (including phenoxy) is 3. The Balaban J connectivity index is 1.81. The zero-order chi connectivity index (χ0) is 18.4. The summed E-state index contributed by atoms with van der Waals surface area (Å²) in [7, 11) is 0. The van der Waals surface area contributed by atoms with Gasteiger partial charge in [0.2, 0.25) is 6.29 Å². The SMILES string of the molecule is CCO[C@H]1OC(C(=O)N2CCOCC2)=C[C@@H](C2CCCC2)[C@@H]1CCCO. The second-order valence-corrected chi connectivity index (χ2v) is 7.53. The maximum absolute atomic E-state index is 13.0. The Hall–Kier alpha value is -1.11. The van der Waals surface area contributed by atoms with Crippen molar-refractivity contribution in [3.8, 4) is 0 Å². The average Bonchev–Trinajstić information content (AvgIpc) is 3.21. The molecule has 2 aliphatic heterocycles. The molecule has 1 amide bonds. The van der Waals surface area contributed by atoms with E-state index in [9.17, 15) is 9.90 Å². The standard InChI is InChI=1S/C20H33NO5/c1-2-25-20-16(8-5-11-22)17(15-6-3-4-7-15)14-18(26-20)19(23)21-9-12-24-13-10-21/h14-17,20,22H,2-13H2,1H3/t16-,17-,20-/m0/s1. The highest BCUT2D eigenvalue weighted by atomic mass is 16.7. The van der Waals surface area contributed by atoms with Crippen LogP contribution < -0.4 is 0 Å². The van der Waals surface area contributed by atoms with Gasteiger partial charge in [-0.05, 0) is 50.5 Å². The summed E-state index contributed by atoms with van der Waals surface area (Å²) in [5.74, 6) is 1.47. The Morgan fingerprint density at radius 3 is 2.69 bits per heavy atom. The van der Waals surface area contributed by atoms with Crippen LogP contribution in [0.3, 0.4) is 0 Å². The quantitative estimate of drug-likeness (QED) is 0.748. The molecule has 0 unspecified atom stereocenters. The third kappa shape index (κ3) is 4.59. The van der Waals surface area contributed by atoms with Gasteiger partial charge in [0.05, 0.1) is 13.2 Å². The molecule has 3 rings (SSSR count). The molecule has 0 spiro atoms. The van der Waals surface area contributed by atoms with Crippen molar-refractivity contribution in [3.63, 3.8) is 0 Å². The third-order valence-electron chi connectivity index (χ3n) is 5.91. The molecule has 2 fully saturated rings. The predicted octanol–water partition coefficient (Wildman–Crippen LogP) is 2.32. The summed E-state index contributed by atoms with van der Waals surface area (Å²) in [4.78, 5) is 14.8. The fraction of sp³-hybridized carbons (Fsp3) is 0.850. The van der Waals surface area contributed by atoms with E-state index >= 15 is 0 Å². The maximum Gasteiger partial charge on any atom is 0.288 e. The minimum absolute atomic E-state index is 0.0402. The molecule has 148 valence electrons. The van der Waals surface area contributed by atoms with Crippen LogP contribution in [0.4, 0.5) is 0 Å². The number of hydrogen-bond acceptors (Lipinski definition) is 5. The molecule has 3 atom stereocenters. The van der Waals surface area contributed by atoms with E-state index in [0.29, 0.717) is 44.6 Å². The van der Waals surface area contributed by atoms with Crippen molar-refractivity contribution in [3.05, 3.63) is 11.8 Å². The molecule has 6 heteroatoms. The lowest BCUT2D eigenvalue weighted by Crippen LogP contribution is -2.45. The number of morpholine rings is 1. The number of carbonyl (C=O) groups is 1. The highest BCUT2D eigenvalue weighted by molar-refractivity contribution is 5.91. The topological polar surface area (TPSA) is 68.2 Å². The summed E-state index contributed by atoms with van der Waals surface area (Å²) in [6, 6.07) is 0. The minimum atomic E-state index is -0.401.